The van der Waals surface area contributed by atoms with E-state index in [2.05, 4.69) is 15.2 Å². The molecule has 0 amide bonds. The maximum absolute atomic E-state index is 13.1. The number of benzene rings is 1. The van der Waals surface area contributed by atoms with E-state index < -0.39 is 11.7 Å². The largest absolute Gasteiger partial charge is 0.416 e. The Morgan fingerprint density at radius 1 is 1.30 bits per heavy atom. The number of halogens is 4. The third-order valence-electron chi connectivity index (χ3n) is 5.82. The van der Waals surface area contributed by atoms with Gasteiger partial charge in [0.1, 0.15) is 0 Å². The van der Waals surface area contributed by atoms with Crippen molar-refractivity contribution in [3.05, 3.63) is 35.4 Å². The summed E-state index contributed by atoms with van der Waals surface area (Å²) in [5.41, 5.74) is -0.0674. The SMILES string of the molecule is CN=C(NCC1(c2cccc(C(F)(F)F)c2)CC1)N1CCC(COCCOC)C1.I. The fourth-order valence-electron chi connectivity index (χ4n) is 3.88. The summed E-state index contributed by atoms with van der Waals surface area (Å²) in [6, 6.07) is 5.73. The third kappa shape index (κ3) is 6.46. The number of guanidine groups is 1. The van der Waals surface area contributed by atoms with Crippen LogP contribution >= 0.6 is 24.0 Å². The maximum atomic E-state index is 13.1. The van der Waals surface area contributed by atoms with Crippen molar-refractivity contribution in [3.63, 3.8) is 0 Å². The molecule has 1 aromatic rings. The van der Waals surface area contributed by atoms with Crippen LogP contribution in [-0.2, 0) is 21.1 Å². The average Bonchev–Trinajstić information content (AvgIpc) is 3.36. The summed E-state index contributed by atoms with van der Waals surface area (Å²) in [6.45, 7) is 4.24. The summed E-state index contributed by atoms with van der Waals surface area (Å²) in [5.74, 6) is 1.26. The van der Waals surface area contributed by atoms with Gasteiger partial charge in [0.25, 0.3) is 0 Å². The standard InChI is InChI=1S/C21H30F3N3O2.HI/c1-25-19(27-9-6-16(13-27)14-29-11-10-28-2)26-15-20(7-8-20)17-4-3-5-18(12-17)21(22,23)24;/h3-5,12,16H,6-11,13-15H2,1-2H3,(H,25,26);1H. The molecule has 1 unspecified atom stereocenters. The van der Waals surface area contributed by atoms with Gasteiger partial charge in [-0.05, 0) is 30.9 Å². The number of likely N-dealkylation sites (tertiary alicyclic amines) is 1. The van der Waals surface area contributed by atoms with Gasteiger partial charge in [-0.3, -0.25) is 4.99 Å². The lowest BCUT2D eigenvalue weighted by atomic mass is 9.94. The zero-order chi connectivity index (χ0) is 20.9. The molecule has 5 nitrogen and oxygen atoms in total. The van der Waals surface area contributed by atoms with Gasteiger partial charge < -0.3 is 19.7 Å². The van der Waals surface area contributed by atoms with E-state index in [0.29, 0.717) is 32.3 Å². The van der Waals surface area contributed by atoms with Crippen LogP contribution in [0.15, 0.2) is 29.3 Å². The molecule has 3 rings (SSSR count). The number of rotatable bonds is 8. The molecule has 0 radical (unpaired) electrons. The topological polar surface area (TPSA) is 46.1 Å². The summed E-state index contributed by atoms with van der Waals surface area (Å²) < 4.78 is 49.8. The van der Waals surface area contributed by atoms with Gasteiger partial charge in [-0.2, -0.15) is 13.2 Å². The van der Waals surface area contributed by atoms with Gasteiger partial charge in [0.05, 0.1) is 25.4 Å². The predicted molar refractivity (Wildman–Crippen MR) is 122 cm³/mol. The Bertz CT molecular complexity index is 711. The van der Waals surface area contributed by atoms with Crippen molar-refractivity contribution in [1.29, 1.82) is 0 Å². The fraction of sp³-hybridized carbons (Fsp3) is 0.667. The summed E-state index contributed by atoms with van der Waals surface area (Å²) in [5, 5.41) is 3.40. The number of ether oxygens (including phenoxy) is 2. The summed E-state index contributed by atoms with van der Waals surface area (Å²) in [4.78, 5) is 6.59. The van der Waals surface area contributed by atoms with Crippen molar-refractivity contribution in [2.75, 3.05) is 53.6 Å². The first-order chi connectivity index (χ1) is 13.9. The molecule has 1 saturated heterocycles. The summed E-state index contributed by atoms with van der Waals surface area (Å²) in [7, 11) is 3.40. The van der Waals surface area contributed by atoms with E-state index in [1.165, 1.54) is 12.1 Å². The second kappa shape index (κ2) is 11.0. The van der Waals surface area contributed by atoms with E-state index in [4.69, 9.17) is 9.47 Å². The van der Waals surface area contributed by atoms with E-state index in [9.17, 15) is 13.2 Å². The van der Waals surface area contributed by atoms with Gasteiger partial charge in [0.2, 0.25) is 0 Å². The molecule has 1 heterocycles. The van der Waals surface area contributed by atoms with E-state index in [-0.39, 0.29) is 29.4 Å². The van der Waals surface area contributed by atoms with Crippen LogP contribution in [-0.4, -0.2) is 64.5 Å². The monoisotopic (exact) mass is 541 g/mol. The molecule has 170 valence electrons. The van der Waals surface area contributed by atoms with Crippen LogP contribution in [0.3, 0.4) is 0 Å². The molecule has 0 aromatic heterocycles. The first kappa shape index (κ1) is 25.2. The highest BCUT2D eigenvalue weighted by Gasteiger charge is 2.45. The third-order valence-corrected chi connectivity index (χ3v) is 5.82. The van der Waals surface area contributed by atoms with Crippen molar-refractivity contribution in [1.82, 2.24) is 10.2 Å². The van der Waals surface area contributed by atoms with Gasteiger partial charge in [0, 0.05) is 45.1 Å². The van der Waals surface area contributed by atoms with Crippen LogP contribution < -0.4 is 5.32 Å². The van der Waals surface area contributed by atoms with Crippen molar-refractivity contribution in [3.8, 4) is 0 Å². The Morgan fingerprint density at radius 2 is 2.07 bits per heavy atom. The van der Waals surface area contributed by atoms with Gasteiger partial charge in [0.15, 0.2) is 5.96 Å². The number of hydrogen-bond donors (Lipinski definition) is 1. The van der Waals surface area contributed by atoms with Crippen LogP contribution in [0.1, 0.15) is 30.4 Å². The van der Waals surface area contributed by atoms with E-state index in [1.54, 1.807) is 20.2 Å². The number of alkyl halides is 3. The molecular weight excluding hydrogens is 510 g/mol. The number of methoxy groups -OCH3 is 1. The lowest BCUT2D eigenvalue weighted by Crippen LogP contribution is -2.43. The zero-order valence-electron chi connectivity index (χ0n) is 17.5. The minimum Gasteiger partial charge on any atom is -0.382 e. The number of nitrogens with one attached hydrogen (secondary N) is 1. The van der Waals surface area contributed by atoms with Crippen LogP contribution in [0.4, 0.5) is 13.2 Å². The Balaban J connectivity index is 0.00000320. The fourth-order valence-corrected chi connectivity index (χ4v) is 3.88. The molecule has 1 saturated carbocycles. The molecule has 2 fully saturated rings. The highest BCUT2D eigenvalue weighted by molar-refractivity contribution is 14.0. The summed E-state index contributed by atoms with van der Waals surface area (Å²) in [6.07, 6.45) is -1.51. The average molecular weight is 541 g/mol. The van der Waals surface area contributed by atoms with Crippen LogP contribution in [0.25, 0.3) is 0 Å². The van der Waals surface area contributed by atoms with Crippen molar-refractivity contribution < 1.29 is 22.6 Å². The number of aliphatic imine (C=N–C) groups is 1. The Labute approximate surface area is 193 Å². The minimum absolute atomic E-state index is 0. The first-order valence-corrected chi connectivity index (χ1v) is 10.1. The second-order valence-electron chi connectivity index (χ2n) is 7.93. The second-order valence-corrected chi connectivity index (χ2v) is 7.93. The van der Waals surface area contributed by atoms with Gasteiger partial charge in [-0.1, -0.05) is 18.2 Å². The Hall–Kier alpha value is -1.07. The van der Waals surface area contributed by atoms with Crippen LogP contribution in [0, 0.1) is 5.92 Å². The molecule has 2 aliphatic rings. The van der Waals surface area contributed by atoms with E-state index in [0.717, 1.165) is 49.9 Å². The van der Waals surface area contributed by atoms with E-state index >= 15 is 0 Å². The molecule has 30 heavy (non-hydrogen) atoms. The highest BCUT2D eigenvalue weighted by Crippen LogP contribution is 2.48. The van der Waals surface area contributed by atoms with E-state index in [1.807, 2.05) is 0 Å². The molecule has 1 aliphatic carbocycles. The molecule has 1 atom stereocenters. The molecule has 1 aromatic carbocycles. The minimum atomic E-state index is -4.31. The molecular formula is C21H31F3IN3O2. The Morgan fingerprint density at radius 3 is 2.70 bits per heavy atom. The quantitative estimate of drug-likeness (QED) is 0.235. The highest BCUT2D eigenvalue weighted by atomic mass is 127. The molecule has 0 bridgehead atoms. The molecule has 1 N–H and O–H groups in total. The number of hydrogen-bond acceptors (Lipinski definition) is 3. The van der Waals surface area contributed by atoms with Crippen molar-refractivity contribution >= 4 is 29.9 Å². The smallest absolute Gasteiger partial charge is 0.382 e. The normalized spacial score (nSPS) is 20.8. The van der Waals surface area contributed by atoms with Gasteiger partial charge in [-0.15, -0.1) is 24.0 Å². The maximum Gasteiger partial charge on any atom is 0.416 e. The zero-order valence-corrected chi connectivity index (χ0v) is 19.8. The number of nitrogens with zero attached hydrogens (tertiary/aromatic N) is 2. The van der Waals surface area contributed by atoms with Crippen LogP contribution in [0.2, 0.25) is 0 Å². The van der Waals surface area contributed by atoms with Crippen LogP contribution in [0.5, 0.6) is 0 Å². The molecule has 9 heteroatoms. The molecule has 1 aliphatic heterocycles. The van der Waals surface area contributed by atoms with Gasteiger partial charge in [-0.25, -0.2) is 0 Å². The van der Waals surface area contributed by atoms with Crippen molar-refractivity contribution in [2.45, 2.75) is 30.9 Å². The Kier molecular flexibility index (Phi) is 9.23. The first-order valence-electron chi connectivity index (χ1n) is 10.1. The molecule has 0 spiro atoms. The van der Waals surface area contributed by atoms with Gasteiger partial charge >= 0.3 is 6.18 Å². The summed E-state index contributed by atoms with van der Waals surface area (Å²) >= 11 is 0. The lowest BCUT2D eigenvalue weighted by molar-refractivity contribution is -0.137. The van der Waals surface area contributed by atoms with Crippen molar-refractivity contribution in [2.24, 2.45) is 10.9 Å². The predicted octanol–water partition coefficient (Wildman–Crippen LogP) is 3.92. The lowest BCUT2D eigenvalue weighted by Gasteiger charge is -2.25.